The van der Waals surface area contributed by atoms with Crippen molar-refractivity contribution in [3.05, 3.63) is 104 Å². The van der Waals surface area contributed by atoms with Gasteiger partial charge in [0.25, 0.3) is 17.7 Å². The maximum atomic E-state index is 14.1. The largest absolute Gasteiger partial charge is 0.271 e. The predicted octanol–water partition coefficient (Wildman–Crippen LogP) is 6.87. The van der Waals surface area contributed by atoms with Crippen molar-refractivity contribution in [3.8, 4) is 0 Å². The normalized spacial score (nSPS) is 25.1. The number of hydrogen-bond acceptors (Lipinski definition) is 7. The monoisotopic (exact) mass is 690 g/mol. The number of halogens is 3. The molecule has 0 radical (unpaired) electrons. The highest BCUT2D eigenvalue weighted by molar-refractivity contribution is 9.10. The van der Waals surface area contributed by atoms with Crippen molar-refractivity contribution >= 4 is 74.3 Å². The number of nitrogens with zero attached hydrogens (tertiary/aromatic N) is 6. The average molecular weight is 692 g/mol. The van der Waals surface area contributed by atoms with E-state index >= 15 is 0 Å². The summed E-state index contributed by atoms with van der Waals surface area (Å²) in [4.78, 5) is 41.9. The maximum Gasteiger partial charge on any atom is 0.264 e. The summed E-state index contributed by atoms with van der Waals surface area (Å²) in [7, 11) is 0. The van der Waals surface area contributed by atoms with Gasteiger partial charge >= 0.3 is 0 Å². The molecule has 3 aromatic carbocycles. The van der Waals surface area contributed by atoms with Crippen LogP contribution in [0.15, 0.2) is 98.3 Å². The summed E-state index contributed by atoms with van der Waals surface area (Å²) >= 11 is 15.7. The molecule has 1 saturated heterocycles. The molecule has 222 valence electrons. The van der Waals surface area contributed by atoms with Crippen LogP contribution in [0.1, 0.15) is 36.4 Å². The number of amides is 3. The summed E-state index contributed by atoms with van der Waals surface area (Å²) in [5.74, 6) is -1.32. The Kier molecular flexibility index (Phi) is 7.60. The van der Waals surface area contributed by atoms with Crippen LogP contribution in [0.2, 0.25) is 10.0 Å². The van der Waals surface area contributed by atoms with E-state index in [9.17, 15) is 14.4 Å². The molecule has 4 atom stereocenters. The molecule has 12 heteroatoms. The summed E-state index contributed by atoms with van der Waals surface area (Å²) in [6.07, 6.45) is 4.74. The molecule has 3 amide bonds. The van der Waals surface area contributed by atoms with Gasteiger partial charge < -0.3 is 0 Å². The number of allylic oxidation sites excluding steroid dienone is 1. The van der Waals surface area contributed by atoms with Crippen LogP contribution in [-0.4, -0.2) is 52.1 Å². The van der Waals surface area contributed by atoms with E-state index in [2.05, 4.69) is 32.3 Å². The molecule has 3 heterocycles. The zero-order valence-electron chi connectivity index (χ0n) is 23.2. The summed E-state index contributed by atoms with van der Waals surface area (Å²) in [5.41, 5.74) is 4.29. The summed E-state index contributed by atoms with van der Waals surface area (Å²) < 4.78 is 0.730. The van der Waals surface area contributed by atoms with E-state index in [4.69, 9.17) is 28.3 Å². The van der Waals surface area contributed by atoms with Gasteiger partial charge in [-0.05, 0) is 84.5 Å². The molecule has 0 spiro atoms. The van der Waals surface area contributed by atoms with Gasteiger partial charge in [0.05, 0.1) is 17.4 Å². The van der Waals surface area contributed by atoms with E-state index in [0.29, 0.717) is 15.7 Å². The van der Waals surface area contributed by atoms with Gasteiger partial charge in [0.1, 0.15) is 6.54 Å². The van der Waals surface area contributed by atoms with Crippen molar-refractivity contribution < 1.29 is 14.4 Å². The van der Waals surface area contributed by atoms with Gasteiger partial charge in [0, 0.05) is 20.4 Å². The third-order valence-corrected chi connectivity index (χ3v) is 9.40. The first kappa shape index (κ1) is 28.9. The van der Waals surface area contributed by atoms with Crippen molar-refractivity contribution in [1.82, 2.24) is 10.0 Å². The lowest BCUT2D eigenvalue weighted by Crippen LogP contribution is -2.45. The van der Waals surface area contributed by atoms with E-state index in [1.807, 2.05) is 54.6 Å². The topological polar surface area (TPSA) is 98.0 Å². The lowest BCUT2D eigenvalue weighted by Gasteiger charge is -2.30. The van der Waals surface area contributed by atoms with Gasteiger partial charge in [-0.3, -0.25) is 19.4 Å². The van der Waals surface area contributed by atoms with Crippen LogP contribution >= 0.6 is 39.1 Å². The van der Waals surface area contributed by atoms with E-state index in [1.165, 1.54) is 10.0 Å². The first-order chi connectivity index (χ1) is 21.3. The highest BCUT2D eigenvalue weighted by Crippen LogP contribution is 2.45. The molecule has 2 fully saturated rings. The molecule has 0 aromatic heterocycles. The third-order valence-electron chi connectivity index (χ3n) is 8.40. The maximum absolute atomic E-state index is 14.1. The molecule has 9 nitrogen and oxygen atoms in total. The van der Waals surface area contributed by atoms with Gasteiger partial charge in [0.2, 0.25) is 0 Å². The summed E-state index contributed by atoms with van der Waals surface area (Å²) in [6, 6.07) is 19.6. The van der Waals surface area contributed by atoms with Crippen molar-refractivity contribution in [1.29, 1.82) is 0 Å². The minimum Gasteiger partial charge on any atom is -0.271 e. The second-order valence-electron chi connectivity index (χ2n) is 11.1. The Morgan fingerprint density at radius 1 is 0.955 bits per heavy atom. The number of hydrogen-bond donors (Lipinski definition) is 0. The zero-order valence-corrected chi connectivity index (χ0v) is 26.3. The van der Waals surface area contributed by atoms with Crippen LogP contribution in [0.4, 0.5) is 5.69 Å². The van der Waals surface area contributed by atoms with Crippen molar-refractivity contribution in [3.63, 3.8) is 0 Å². The Labute approximate surface area is 271 Å². The molecular weight excluding hydrogens is 667 g/mol. The second-order valence-corrected chi connectivity index (χ2v) is 12.9. The number of hydrazone groups is 1. The van der Waals surface area contributed by atoms with Crippen molar-refractivity contribution in [2.45, 2.75) is 37.4 Å². The molecule has 0 unspecified atom stereocenters. The Bertz CT molecular complexity index is 1760. The fourth-order valence-electron chi connectivity index (χ4n) is 6.40. The quantitative estimate of drug-likeness (QED) is 0.273. The number of anilines is 1. The number of carbonyl (C=O) groups excluding carboxylic acids is 3. The minimum absolute atomic E-state index is 0.0258. The first-order valence-electron chi connectivity index (χ1n) is 14.2. The van der Waals surface area contributed by atoms with Crippen LogP contribution in [0.25, 0.3) is 6.08 Å². The molecular formula is C32H25BrCl2N6O3. The molecule has 44 heavy (non-hydrogen) atoms. The third kappa shape index (κ3) is 5.14. The number of rotatable bonds is 5. The molecule has 7 rings (SSSR count). The highest BCUT2D eigenvalue weighted by Gasteiger charge is 2.55. The fourth-order valence-corrected chi connectivity index (χ4v) is 7.03. The standard InChI is InChI=1S/C32H25BrCl2N6O3/c33-21-4-2-5-24(16-21)40-31(43)28-30(32(40)44)39(38-36-28)17-26(42)41-29(19-9-13-23(35)14-10-19)25-6-1-3-20(27(25)37-41)15-18-7-11-22(34)12-8-18/h2,4-5,7-16,25,28-30H,1,3,6,17H2/b20-15+/t25-,28+,29-,30+/m0/s1. The van der Waals surface area contributed by atoms with Crippen LogP contribution in [0, 0.1) is 5.92 Å². The Balaban J connectivity index is 1.19. The number of imide groups is 1. The highest BCUT2D eigenvalue weighted by atomic mass is 79.9. The molecule has 1 saturated carbocycles. The number of carbonyl (C=O) groups is 3. The Hall–Kier alpha value is -3.86. The van der Waals surface area contributed by atoms with Crippen LogP contribution in [0.5, 0.6) is 0 Å². The second kappa shape index (κ2) is 11.6. The molecule has 1 aliphatic carbocycles. The zero-order chi connectivity index (χ0) is 30.5. The lowest BCUT2D eigenvalue weighted by atomic mass is 9.77. The SMILES string of the molecule is O=C1[C@@H]2N=NN(CC(=O)N3N=C4/C(=C/c5ccc(Cl)cc5)CCC[C@@H]4[C@@H]3c3ccc(Cl)cc3)[C@H]2C(=O)N1c1cccc(Br)c1. The van der Waals surface area contributed by atoms with Crippen LogP contribution in [0.3, 0.4) is 0 Å². The first-order valence-corrected chi connectivity index (χ1v) is 15.8. The van der Waals surface area contributed by atoms with E-state index in [1.54, 1.807) is 18.2 Å². The van der Waals surface area contributed by atoms with Gasteiger partial charge in [-0.2, -0.15) is 10.2 Å². The summed E-state index contributed by atoms with van der Waals surface area (Å²) in [5, 5.41) is 17.2. The van der Waals surface area contributed by atoms with E-state index in [-0.39, 0.29) is 24.4 Å². The van der Waals surface area contributed by atoms with Gasteiger partial charge in [0.15, 0.2) is 12.1 Å². The van der Waals surface area contributed by atoms with Gasteiger partial charge in [-0.15, -0.1) is 0 Å². The Morgan fingerprint density at radius 2 is 1.68 bits per heavy atom. The number of fused-ring (bicyclic) bond motifs is 2. The average Bonchev–Trinajstić information content (AvgIpc) is 3.68. The lowest BCUT2D eigenvalue weighted by molar-refractivity contribution is -0.136. The smallest absolute Gasteiger partial charge is 0.264 e. The molecule has 4 aliphatic rings. The minimum atomic E-state index is -1.01. The molecule has 0 bridgehead atoms. The van der Waals surface area contributed by atoms with Crippen molar-refractivity contribution in [2.24, 2.45) is 21.4 Å². The number of benzene rings is 3. The molecule has 3 aromatic rings. The van der Waals surface area contributed by atoms with Gasteiger partial charge in [-0.1, -0.05) is 74.7 Å². The Morgan fingerprint density at radius 3 is 2.41 bits per heavy atom. The molecule has 3 aliphatic heterocycles. The van der Waals surface area contributed by atoms with Crippen molar-refractivity contribution in [2.75, 3.05) is 11.4 Å². The van der Waals surface area contributed by atoms with Crippen LogP contribution < -0.4 is 4.90 Å². The predicted molar refractivity (Wildman–Crippen MR) is 171 cm³/mol. The van der Waals surface area contributed by atoms with E-state index < -0.39 is 23.9 Å². The van der Waals surface area contributed by atoms with E-state index in [0.717, 1.165) is 51.0 Å². The molecule has 0 N–H and O–H groups in total. The van der Waals surface area contributed by atoms with Gasteiger partial charge in [-0.25, -0.2) is 9.91 Å². The fraction of sp³-hybridized carbons (Fsp3) is 0.250. The van der Waals surface area contributed by atoms with Crippen LogP contribution in [-0.2, 0) is 14.4 Å². The summed E-state index contributed by atoms with van der Waals surface area (Å²) in [6.45, 7) is -0.264.